The number of ether oxygens (including phenoxy) is 1. The Kier molecular flexibility index (Phi) is 6.35. The molecule has 5 rings (SSSR count). The fourth-order valence-electron chi connectivity index (χ4n) is 4.88. The number of methoxy groups -OCH3 is 1. The zero-order chi connectivity index (χ0) is 27.4. The Morgan fingerprint density at radius 3 is 2.26 bits per heavy atom. The number of anilines is 1. The number of carbonyl (C=O) groups is 2. The number of aliphatic hydroxyl groups excluding tert-OH is 1. The number of rotatable bonds is 4. The van der Waals surface area contributed by atoms with Crippen molar-refractivity contribution in [2.75, 3.05) is 12.0 Å². The van der Waals surface area contributed by atoms with Gasteiger partial charge in [-0.15, -0.1) is 0 Å². The standard InChI is InChI=1S/C31H30N2O4S/c1-17-15-18(2)25-23(16-17)38-30(32-25)33-26(19-7-11-21(12-8-19)31(3,4)5)24(28(35)29(33)36)27(34)20-9-13-22(37-6)14-10-20/h7-16,26,34H,1-6H3/t26-/m1/s1. The van der Waals surface area contributed by atoms with Gasteiger partial charge in [-0.05, 0) is 71.8 Å². The Balaban J connectivity index is 1.72. The fraction of sp³-hybridized carbons (Fsp3) is 0.258. The molecule has 0 aliphatic carbocycles. The Morgan fingerprint density at radius 1 is 1.00 bits per heavy atom. The smallest absolute Gasteiger partial charge is 0.301 e. The Bertz CT molecular complexity index is 1590. The zero-order valence-corrected chi connectivity index (χ0v) is 23.1. The molecule has 0 unspecified atom stereocenters. The second kappa shape index (κ2) is 9.40. The van der Waals surface area contributed by atoms with Crippen molar-refractivity contribution in [3.05, 3.63) is 94.1 Å². The monoisotopic (exact) mass is 526 g/mol. The van der Waals surface area contributed by atoms with Crippen LogP contribution in [0.5, 0.6) is 5.75 Å². The lowest BCUT2D eigenvalue weighted by atomic mass is 9.85. The maximum absolute atomic E-state index is 13.6. The molecule has 1 aliphatic heterocycles. The second-order valence-electron chi connectivity index (χ2n) is 10.7. The molecule has 0 radical (unpaired) electrons. The fourth-order valence-corrected chi connectivity index (χ4v) is 6.05. The van der Waals surface area contributed by atoms with Crippen molar-refractivity contribution < 1.29 is 19.4 Å². The number of benzene rings is 3. The van der Waals surface area contributed by atoms with Crippen LogP contribution < -0.4 is 9.64 Å². The molecular formula is C31H30N2O4S. The second-order valence-corrected chi connectivity index (χ2v) is 11.7. The van der Waals surface area contributed by atoms with Gasteiger partial charge in [0.25, 0.3) is 5.78 Å². The van der Waals surface area contributed by atoms with E-state index in [9.17, 15) is 14.7 Å². The largest absolute Gasteiger partial charge is 0.507 e. The third-order valence-electron chi connectivity index (χ3n) is 6.92. The summed E-state index contributed by atoms with van der Waals surface area (Å²) in [6, 6.07) is 17.9. The summed E-state index contributed by atoms with van der Waals surface area (Å²) in [5, 5.41) is 11.8. The molecule has 1 amide bonds. The van der Waals surface area contributed by atoms with Crippen molar-refractivity contribution in [1.82, 2.24) is 4.98 Å². The Hall–Kier alpha value is -3.97. The van der Waals surface area contributed by atoms with Crippen LogP contribution in [0.25, 0.3) is 16.0 Å². The van der Waals surface area contributed by atoms with E-state index in [1.807, 2.05) is 50.2 Å². The van der Waals surface area contributed by atoms with Gasteiger partial charge in [-0.25, -0.2) is 4.98 Å². The van der Waals surface area contributed by atoms with Gasteiger partial charge >= 0.3 is 5.91 Å². The molecule has 1 atom stereocenters. The number of ketones is 1. The number of carbonyl (C=O) groups excluding carboxylic acids is 2. The summed E-state index contributed by atoms with van der Waals surface area (Å²) in [4.78, 5) is 33.3. The van der Waals surface area contributed by atoms with Crippen LogP contribution in [0, 0.1) is 13.8 Å². The van der Waals surface area contributed by atoms with Crippen LogP contribution in [-0.2, 0) is 15.0 Å². The number of amides is 1. The molecule has 0 saturated carbocycles. The van der Waals surface area contributed by atoms with Crippen molar-refractivity contribution in [2.24, 2.45) is 0 Å². The van der Waals surface area contributed by atoms with Crippen molar-refractivity contribution in [2.45, 2.75) is 46.1 Å². The number of thiazole rings is 1. The van der Waals surface area contributed by atoms with Crippen LogP contribution in [0.2, 0.25) is 0 Å². The van der Waals surface area contributed by atoms with E-state index in [0.29, 0.717) is 16.4 Å². The summed E-state index contributed by atoms with van der Waals surface area (Å²) in [7, 11) is 1.56. The number of hydrogen-bond acceptors (Lipinski definition) is 6. The lowest BCUT2D eigenvalue weighted by Crippen LogP contribution is -2.29. The lowest BCUT2D eigenvalue weighted by Gasteiger charge is -2.24. The average Bonchev–Trinajstić information content (AvgIpc) is 3.42. The number of aliphatic hydroxyl groups is 1. The third kappa shape index (κ3) is 4.37. The third-order valence-corrected chi connectivity index (χ3v) is 7.93. The van der Waals surface area contributed by atoms with Gasteiger partial charge in [0.05, 0.1) is 28.9 Å². The molecule has 0 spiro atoms. The topological polar surface area (TPSA) is 79.7 Å². The maximum Gasteiger partial charge on any atom is 0.301 e. The first kappa shape index (κ1) is 25.7. The van der Waals surface area contributed by atoms with Gasteiger partial charge in [-0.3, -0.25) is 14.5 Å². The summed E-state index contributed by atoms with van der Waals surface area (Å²) in [5.41, 5.74) is 5.15. The van der Waals surface area contributed by atoms with E-state index in [4.69, 9.17) is 9.72 Å². The minimum atomic E-state index is -0.826. The molecular weight excluding hydrogens is 496 g/mol. The number of Topliss-reactive ketones (excluding diaryl/α,β-unsaturated/α-hetero) is 1. The van der Waals surface area contributed by atoms with E-state index in [2.05, 4.69) is 20.8 Å². The molecule has 3 aromatic carbocycles. The molecule has 1 saturated heterocycles. The van der Waals surface area contributed by atoms with Gasteiger partial charge in [0, 0.05) is 5.56 Å². The minimum absolute atomic E-state index is 0.0378. The highest BCUT2D eigenvalue weighted by Gasteiger charge is 2.48. The molecule has 38 heavy (non-hydrogen) atoms. The normalized spacial score (nSPS) is 17.4. The molecule has 2 heterocycles. The van der Waals surface area contributed by atoms with Crippen molar-refractivity contribution in [3.8, 4) is 5.75 Å². The van der Waals surface area contributed by atoms with Crippen molar-refractivity contribution >= 4 is 44.1 Å². The van der Waals surface area contributed by atoms with Gasteiger partial charge in [-0.2, -0.15) is 0 Å². The summed E-state index contributed by atoms with van der Waals surface area (Å²) in [6.45, 7) is 10.4. The number of nitrogens with zero attached hydrogens (tertiary/aromatic N) is 2. The minimum Gasteiger partial charge on any atom is -0.507 e. The average molecular weight is 527 g/mol. The first-order valence-corrected chi connectivity index (χ1v) is 13.2. The highest BCUT2D eigenvalue weighted by Crippen LogP contribution is 2.45. The van der Waals surface area contributed by atoms with Crippen molar-refractivity contribution in [3.63, 3.8) is 0 Å². The number of aromatic nitrogens is 1. The molecule has 7 heteroatoms. The summed E-state index contributed by atoms with van der Waals surface area (Å²) in [5.74, 6) is -1.06. The summed E-state index contributed by atoms with van der Waals surface area (Å²) < 4.78 is 6.17. The Morgan fingerprint density at radius 2 is 1.66 bits per heavy atom. The lowest BCUT2D eigenvalue weighted by molar-refractivity contribution is -0.132. The first-order chi connectivity index (χ1) is 18.0. The molecule has 6 nitrogen and oxygen atoms in total. The van der Waals surface area contributed by atoms with Crippen LogP contribution in [-0.4, -0.2) is 28.9 Å². The van der Waals surface area contributed by atoms with E-state index in [1.165, 1.54) is 16.2 Å². The van der Waals surface area contributed by atoms with E-state index in [1.54, 1.807) is 31.4 Å². The van der Waals surface area contributed by atoms with Gasteiger partial charge in [0.2, 0.25) is 0 Å². The van der Waals surface area contributed by atoms with Crippen LogP contribution >= 0.6 is 11.3 Å². The summed E-state index contributed by atoms with van der Waals surface area (Å²) >= 11 is 1.37. The van der Waals surface area contributed by atoms with Gasteiger partial charge < -0.3 is 9.84 Å². The van der Waals surface area contributed by atoms with Gasteiger partial charge in [-0.1, -0.05) is 62.4 Å². The molecule has 1 fully saturated rings. The zero-order valence-electron chi connectivity index (χ0n) is 22.3. The molecule has 0 bridgehead atoms. The number of aryl methyl sites for hydroxylation is 2. The van der Waals surface area contributed by atoms with Crippen LogP contribution in [0.15, 0.2) is 66.2 Å². The van der Waals surface area contributed by atoms with Gasteiger partial charge in [0.1, 0.15) is 11.5 Å². The maximum atomic E-state index is 13.6. The predicted octanol–water partition coefficient (Wildman–Crippen LogP) is 6.85. The van der Waals surface area contributed by atoms with E-state index >= 15 is 0 Å². The van der Waals surface area contributed by atoms with E-state index in [0.717, 1.165) is 32.5 Å². The SMILES string of the molecule is COc1ccc(C(O)=C2C(=O)C(=O)N(c3nc4c(C)cc(C)cc4s3)[C@@H]2c2ccc(C(C)(C)C)cc2)cc1. The molecule has 1 N–H and O–H groups in total. The predicted molar refractivity (Wildman–Crippen MR) is 152 cm³/mol. The van der Waals surface area contributed by atoms with E-state index in [-0.39, 0.29) is 16.7 Å². The highest BCUT2D eigenvalue weighted by atomic mass is 32.1. The molecule has 4 aromatic rings. The molecule has 194 valence electrons. The van der Waals surface area contributed by atoms with Crippen LogP contribution in [0.3, 0.4) is 0 Å². The number of hydrogen-bond donors (Lipinski definition) is 1. The van der Waals surface area contributed by atoms with E-state index < -0.39 is 17.7 Å². The molecule has 1 aliphatic rings. The molecule has 1 aromatic heterocycles. The first-order valence-electron chi connectivity index (χ1n) is 12.4. The van der Waals surface area contributed by atoms with Crippen LogP contribution in [0.4, 0.5) is 5.13 Å². The van der Waals surface area contributed by atoms with Crippen molar-refractivity contribution in [1.29, 1.82) is 0 Å². The van der Waals surface area contributed by atoms with Crippen LogP contribution in [0.1, 0.15) is 54.6 Å². The highest BCUT2D eigenvalue weighted by molar-refractivity contribution is 7.22. The Labute approximate surface area is 226 Å². The quantitative estimate of drug-likeness (QED) is 0.179. The summed E-state index contributed by atoms with van der Waals surface area (Å²) in [6.07, 6.45) is 0. The van der Waals surface area contributed by atoms with Gasteiger partial charge in [0.15, 0.2) is 5.13 Å². The number of fused-ring (bicyclic) bond motifs is 1.